The van der Waals surface area contributed by atoms with Crippen molar-refractivity contribution in [1.82, 2.24) is 0 Å². The fraction of sp³-hybridized carbons (Fsp3) is 1.00. The second kappa shape index (κ2) is 8.84. The summed E-state index contributed by atoms with van der Waals surface area (Å²) in [5.74, 6) is 0. The van der Waals surface area contributed by atoms with E-state index in [1.807, 2.05) is 0 Å². The molecule has 0 aliphatic carbocycles. The van der Waals surface area contributed by atoms with Crippen LogP contribution >= 0.6 is 0 Å². The van der Waals surface area contributed by atoms with Gasteiger partial charge in [-0.15, -0.1) is 0 Å². The molecule has 0 aromatic rings. The Bertz CT molecular complexity index is 50.3. The number of aliphatic hydroxyl groups is 2. The third kappa shape index (κ3) is 8.84. The molecule has 0 aromatic carbocycles. The Kier molecular flexibility index (Phi) is 12.3. The molecular weight excluding hydrogens is 311 g/mol. The number of aliphatic hydroxyl groups excluding tert-OH is 2. The van der Waals surface area contributed by atoms with Crippen LogP contribution in [-0.2, 0) is 0 Å². The van der Waals surface area contributed by atoms with Crippen molar-refractivity contribution in [3.63, 3.8) is 0 Å². The van der Waals surface area contributed by atoms with E-state index in [1.165, 1.54) is 0 Å². The Morgan fingerprint density at radius 3 is 2.33 bits per heavy atom. The van der Waals surface area contributed by atoms with E-state index in [9.17, 15) is 0 Å². The Hall–Kier alpha value is 0.842. The van der Waals surface area contributed by atoms with E-state index < -0.39 is 6.10 Å². The van der Waals surface area contributed by atoms with E-state index in [2.05, 4.69) is 6.92 Å². The van der Waals surface area contributed by atoms with Crippen molar-refractivity contribution in [3.05, 3.63) is 0 Å². The van der Waals surface area contributed by atoms with Crippen LogP contribution in [0, 0.1) is 0 Å². The second-order valence-corrected chi connectivity index (χ2v) is 1.98. The van der Waals surface area contributed by atoms with Crippen molar-refractivity contribution in [2.75, 3.05) is 6.61 Å². The number of rotatable bonds is 4. The summed E-state index contributed by atoms with van der Waals surface area (Å²) in [5, 5.41) is 17.1. The summed E-state index contributed by atoms with van der Waals surface area (Å²) in [7, 11) is 0. The quantitative estimate of drug-likeness (QED) is 0.691. The monoisotopic (exact) mass is 328 g/mol. The summed E-state index contributed by atoms with van der Waals surface area (Å²) >= 11 is 0. The fourth-order valence-corrected chi connectivity index (χ4v) is 0.531. The van der Waals surface area contributed by atoms with Crippen LogP contribution < -0.4 is 0 Å². The van der Waals surface area contributed by atoms with E-state index >= 15 is 0 Å². The molecule has 0 spiro atoms. The van der Waals surface area contributed by atoms with Gasteiger partial charge in [-0.3, -0.25) is 0 Å². The van der Waals surface area contributed by atoms with Crippen molar-refractivity contribution in [2.45, 2.75) is 32.3 Å². The van der Waals surface area contributed by atoms with E-state index in [0.717, 1.165) is 19.3 Å². The molecule has 2 radical (unpaired) electrons. The topological polar surface area (TPSA) is 40.5 Å². The summed E-state index contributed by atoms with van der Waals surface area (Å²) in [5.41, 5.74) is 0. The third-order valence-corrected chi connectivity index (χ3v) is 1.10. The van der Waals surface area contributed by atoms with Gasteiger partial charge >= 0.3 is 27.3 Å². The standard InChI is InChI=1S/C6H14O2.Pb.2H/c1-2-3-4-6(8)5-7;;;/h6-8H,2-5H2,1H3;;;. The van der Waals surface area contributed by atoms with E-state index in [4.69, 9.17) is 10.2 Å². The molecule has 2 nitrogen and oxygen atoms in total. The predicted octanol–water partition coefficient (Wildman–Crippen LogP) is -0.386. The fourth-order valence-electron chi connectivity index (χ4n) is 0.531. The SMILES string of the molecule is CCCCC(O)CO.[PbH2]. The zero-order valence-electron chi connectivity index (χ0n) is 6.01. The molecule has 0 fully saturated rings. The minimum absolute atomic E-state index is 0. The van der Waals surface area contributed by atoms with Crippen LogP contribution in [0.3, 0.4) is 0 Å². The predicted molar refractivity (Wildman–Crippen MR) is 41.2 cm³/mol. The molecular formula is C6H16O2Pb. The number of unbranched alkanes of at least 4 members (excludes halogenated alkanes) is 1. The molecule has 9 heavy (non-hydrogen) atoms. The van der Waals surface area contributed by atoms with Crippen LogP contribution in [0.4, 0.5) is 0 Å². The molecule has 0 amide bonds. The summed E-state index contributed by atoms with van der Waals surface area (Å²) in [6.45, 7) is 1.96. The maximum atomic E-state index is 8.74. The van der Waals surface area contributed by atoms with Gasteiger partial charge in [0.2, 0.25) is 0 Å². The van der Waals surface area contributed by atoms with Gasteiger partial charge < -0.3 is 10.2 Å². The van der Waals surface area contributed by atoms with Gasteiger partial charge in [-0.2, -0.15) is 0 Å². The van der Waals surface area contributed by atoms with Crippen LogP contribution in [0.25, 0.3) is 0 Å². The van der Waals surface area contributed by atoms with Gasteiger partial charge in [-0.05, 0) is 6.42 Å². The third-order valence-electron chi connectivity index (χ3n) is 1.10. The van der Waals surface area contributed by atoms with Crippen molar-refractivity contribution >= 4 is 27.3 Å². The first kappa shape index (κ1) is 12.5. The summed E-state index contributed by atoms with van der Waals surface area (Å²) in [6, 6.07) is 0. The summed E-state index contributed by atoms with van der Waals surface area (Å²) in [6.07, 6.45) is 2.32. The van der Waals surface area contributed by atoms with Gasteiger partial charge in [0.15, 0.2) is 0 Å². The second-order valence-electron chi connectivity index (χ2n) is 1.98. The number of hydrogen-bond acceptors (Lipinski definition) is 2. The van der Waals surface area contributed by atoms with Gasteiger partial charge in [0.1, 0.15) is 0 Å². The van der Waals surface area contributed by atoms with Crippen LogP contribution in [0.1, 0.15) is 26.2 Å². The number of hydrogen-bond donors (Lipinski definition) is 2. The molecule has 56 valence electrons. The average molecular weight is 327 g/mol. The molecule has 0 saturated heterocycles. The van der Waals surface area contributed by atoms with Crippen molar-refractivity contribution < 1.29 is 10.2 Å². The molecule has 0 saturated carbocycles. The van der Waals surface area contributed by atoms with Crippen molar-refractivity contribution in [3.8, 4) is 0 Å². The van der Waals surface area contributed by atoms with Crippen LogP contribution in [0.2, 0.25) is 0 Å². The van der Waals surface area contributed by atoms with E-state index in [0.29, 0.717) is 0 Å². The molecule has 0 aromatic heterocycles. The van der Waals surface area contributed by atoms with E-state index in [1.54, 1.807) is 0 Å². The normalized spacial score (nSPS) is 12.3. The maximum absolute atomic E-state index is 8.74. The van der Waals surface area contributed by atoms with Crippen LogP contribution in [-0.4, -0.2) is 50.2 Å². The molecule has 3 heteroatoms. The van der Waals surface area contributed by atoms with Gasteiger partial charge in [0.05, 0.1) is 12.7 Å². The van der Waals surface area contributed by atoms with Gasteiger partial charge in [-0.25, -0.2) is 0 Å². The molecule has 0 bridgehead atoms. The molecule has 2 N–H and O–H groups in total. The Morgan fingerprint density at radius 2 is 2.00 bits per heavy atom. The van der Waals surface area contributed by atoms with Crippen LogP contribution in [0.5, 0.6) is 0 Å². The first-order valence-corrected chi connectivity index (χ1v) is 3.10. The molecule has 0 rings (SSSR count). The molecule has 1 unspecified atom stereocenters. The summed E-state index contributed by atoms with van der Waals surface area (Å²) in [4.78, 5) is 0. The van der Waals surface area contributed by atoms with E-state index in [-0.39, 0.29) is 33.9 Å². The Balaban J connectivity index is 0. The molecule has 0 aliphatic rings. The first-order valence-electron chi connectivity index (χ1n) is 3.10. The molecule has 0 aliphatic heterocycles. The molecule has 1 atom stereocenters. The Labute approximate surface area is 76.4 Å². The van der Waals surface area contributed by atoms with Gasteiger partial charge in [-0.1, -0.05) is 19.8 Å². The van der Waals surface area contributed by atoms with Gasteiger partial charge in [0, 0.05) is 0 Å². The summed E-state index contributed by atoms with van der Waals surface area (Å²) < 4.78 is 0. The van der Waals surface area contributed by atoms with Gasteiger partial charge in [0.25, 0.3) is 0 Å². The minimum atomic E-state index is -0.491. The first-order chi connectivity index (χ1) is 3.81. The van der Waals surface area contributed by atoms with Crippen molar-refractivity contribution in [1.29, 1.82) is 0 Å². The Morgan fingerprint density at radius 1 is 1.44 bits per heavy atom. The molecule has 0 heterocycles. The zero-order valence-corrected chi connectivity index (χ0v) is 11.5. The van der Waals surface area contributed by atoms with Crippen LogP contribution in [0.15, 0.2) is 0 Å². The van der Waals surface area contributed by atoms with Crippen molar-refractivity contribution in [2.24, 2.45) is 0 Å². The average Bonchev–Trinajstić information content (AvgIpc) is 1.83. The zero-order chi connectivity index (χ0) is 6.41.